The van der Waals surface area contributed by atoms with Gasteiger partial charge in [-0.15, -0.1) is 0 Å². The topological polar surface area (TPSA) is 54.0 Å². The summed E-state index contributed by atoms with van der Waals surface area (Å²) in [6.45, 7) is 3.53. The molecule has 2 fully saturated rings. The molecule has 2 aliphatic rings. The number of ether oxygens (including phenoxy) is 2. The van der Waals surface area contributed by atoms with Crippen molar-refractivity contribution in [1.82, 2.24) is 9.80 Å². The van der Waals surface area contributed by atoms with Crippen LogP contribution in [0.15, 0.2) is 36.4 Å². The normalized spacial score (nSPS) is 23.3. The smallest absolute Gasteiger partial charge is 0.417 e. The van der Waals surface area contributed by atoms with Gasteiger partial charge in [-0.3, -0.25) is 0 Å². The van der Waals surface area contributed by atoms with Gasteiger partial charge in [0.05, 0.1) is 24.8 Å². The highest BCUT2D eigenvalue weighted by Gasteiger charge is 2.51. The fourth-order valence-corrected chi connectivity index (χ4v) is 6.55. The highest BCUT2D eigenvalue weighted by molar-refractivity contribution is 6.31. The van der Waals surface area contributed by atoms with Crippen LogP contribution in [-0.4, -0.2) is 62.3 Å². The summed E-state index contributed by atoms with van der Waals surface area (Å²) in [6.07, 6.45) is 0.554. The van der Waals surface area contributed by atoms with Crippen LogP contribution in [0.5, 0.6) is 11.5 Å². The molecule has 1 saturated carbocycles. The minimum atomic E-state index is -4.61. The van der Waals surface area contributed by atoms with Crippen molar-refractivity contribution in [1.29, 1.82) is 0 Å². The SMILES string of the molecule is CCCCN(C(=O)Nc1ccc(Cl)c(C(F)(F)F)c1)[C@H]1CC[C@@]2(c3ccc(OC)c(OC)c3)CCN(C)[C@@H]2C1. The zero-order chi connectivity index (χ0) is 28.4. The maximum Gasteiger partial charge on any atom is 0.417 e. The van der Waals surface area contributed by atoms with E-state index >= 15 is 0 Å². The molecule has 0 aromatic heterocycles. The Morgan fingerprint density at radius 3 is 2.56 bits per heavy atom. The molecular weight excluding hydrogens is 531 g/mol. The average molecular weight is 568 g/mol. The molecule has 3 atom stereocenters. The van der Waals surface area contributed by atoms with Crippen molar-refractivity contribution in [3.05, 3.63) is 52.5 Å². The maximum absolute atomic E-state index is 13.5. The standard InChI is InChI=1S/C29H37ClF3N3O3/c1-5-6-14-36(27(37)34-20-8-9-23(30)22(17-20)29(31,32)33)21-11-12-28(13-15-35(2)26(28)18-21)19-7-10-24(38-3)25(16-19)39-4/h7-10,16-17,21,26H,5-6,11-15,18H2,1-4H3,(H,34,37)/t21-,26+,28-/m0/s1. The van der Waals surface area contributed by atoms with Crippen molar-refractivity contribution < 1.29 is 27.4 Å². The Hall–Kier alpha value is -2.65. The van der Waals surface area contributed by atoms with Gasteiger partial charge in [0.15, 0.2) is 11.5 Å². The molecule has 6 nitrogen and oxygen atoms in total. The Morgan fingerprint density at radius 2 is 1.90 bits per heavy atom. The monoisotopic (exact) mass is 567 g/mol. The van der Waals surface area contributed by atoms with Crippen molar-refractivity contribution in [2.75, 3.05) is 39.7 Å². The van der Waals surface area contributed by atoms with Gasteiger partial charge >= 0.3 is 12.2 Å². The number of methoxy groups -OCH3 is 2. The van der Waals surface area contributed by atoms with Gasteiger partial charge in [-0.2, -0.15) is 13.2 Å². The molecular formula is C29H37ClF3N3O3. The maximum atomic E-state index is 13.5. The van der Waals surface area contributed by atoms with E-state index < -0.39 is 16.8 Å². The quantitative estimate of drug-likeness (QED) is 0.366. The second kappa shape index (κ2) is 11.8. The van der Waals surface area contributed by atoms with E-state index in [1.54, 1.807) is 14.2 Å². The Labute approximate surface area is 233 Å². The van der Waals surface area contributed by atoms with Gasteiger partial charge < -0.3 is 24.6 Å². The number of likely N-dealkylation sites (N-methyl/N-ethyl adjacent to an activating group) is 1. The summed E-state index contributed by atoms with van der Waals surface area (Å²) in [5, 5.41) is 2.32. The van der Waals surface area contributed by atoms with E-state index in [4.69, 9.17) is 21.1 Å². The lowest BCUT2D eigenvalue weighted by molar-refractivity contribution is -0.137. The van der Waals surface area contributed by atoms with E-state index in [1.807, 2.05) is 11.0 Å². The van der Waals surface area contributed by atoms with Crippen LogP contribution in [0.4, 0.5) is 23.7 Å². The number of anilines is 1. The second-order valence-corrected chi connectivity index (χ2v) is 11.0. The lowest BCUT2D eigenvalue weighted by atomic mass is 9.64. The first-order chi connectivity index (χ1) is 18.5. The number of urea groups is 1. The molecule has 0 spiro atoms. The van der Waals surface area contributed by atoms with Gasteiger partial charge in [0.1, 0.15) is 0 Å². The van der Waals surface area contributed by atoms with Crippen molar-refractivity contribution in [3.8, 4) is 11.5 Å². The number of carbonyl (C=O) groups is 1. The number of rotatable bonds is 8. The van der Waals surface area contributed by atoms with Gasteiger partial charge in [-0.25, -0.2) is 4.79 Å². The van der Waals surface area contributed by atoms with E-state index in [0.717, 1.165) is 51.1 Å². The first kappa shape index (κ1) is 29.3. The number of nitrogens with zero attached hydrogens (tertiary/aromatic N) is 2. The first-order valence-corrected chi connectivity index (χ1v) is 13.8. The highest BCUT2D eigenvalue weighted by atomic mass is 35.5. The van der Waals surface area contributed by atoms with Crippen LogP contribution in [0.1, 0.15) is 56.6 Å². The summed E-state index contributed by atoms with van der Waals surface area (Å²) in [5.41, 5.74) is 0.243. The number of benzene rings is 2. The lowest BCUT2D eigenvalue weighted by Crippen LogP contribution is -2.54. The third kappa shape index (κ3) is 5.94. The molecule has 2 aromatic carbocycles. The lowest BCUT2D eigenvalue weighted by Gasteiger charge is -2.47. The summed E-state index contributed by atoms with van der Waals surface area (Å²) in [5.74, 6) is 1.39. The van der Waals surface area contributed by atoms with E-state index in [-0.39, 0.29) is 29.2 Å². The Balaban J connectivity index is 1.58. The Kier molecular flexibility index (Phi) is 8.91. The van der Waals surface area contributed by atoms with Gasteiger partial charge in [0.25, 0.3) is 0 Å². The molecule has 39 heavy (non-hydrogen) atoms. The largest absolute Gasteiger partial charge is 0.493 e. The predicted molar refractivity (Wildman–Crippen MR) is 147 cm³/mol. The molecule has 1 saturated heterocycles. The van der Waals surface area contributed by atoms with Crippen LogP contribution in [0.3, 0.4) is 0 Å². The summed E-state index contributed by atoms with van der Waals surface area (Å²) >= 11 is 5.77. The van der Waals surface area contributed by atoms with E-state index in [2.05, 4.69) is 36.3 Å². The highest BCUT2D eigenvalue weighted by Crippen LogP contribution is 2.50. The van der Waals surface area contributed by atoms with Crippen LogP contribution < -0.4 is 14.8 Å². The number of likely N-dealkylation sites (tertiary alicyclic amines) is 1. The zero-order valence-corrected chi connectivity index (χ0v) is 23.7. The number of unbranched alkanes of at least 4 members (excludes halogenated alkanes) is 1. The van der Waals surface area contributed by atoms with Crippen molar-refractivity contribution in [2.24, 2.45) is 0 Å². The summed E-state index contributed by atoms with van der Waals surface area (Å²) in [6, 6.07) is 9.40. The number of halogens is 4. The molecule has 2 amide bonds. The Morgan fingerprint density at radius 1 is 1.15 bits per heavy atom. The summed E-state index contributed by atoms with van der Waals surface area (Å²) in [7, 11) is 5.38. The predicted octanol–water partition coefficient (Wildman–Crippen LogP) is 7.20. The number of nitrogens with one attached hydrogen (secondary N) is 1. The number of carbonyl (C=O) groups excluding carboxylic acids is 1. The van der Waals surface area contributed by atoms with Crippen LogP contribution in [0, 0.1) is 0 Å². The number of hydrogen-bond acceptors (Lipinski definition) is 4. The fraction of sp³-hybridized carbons (Fsp3) is 0.552. The average Bonchev–Trinajstić information content (AvgIpc) is 3.25. The molecule has 0 radical (unpaired) electrons. The van der Waals surface area contributed by atoms with Crippen molar-refractivity contribution in [3.63, 3.8) is 0 Å². The summed E-state index contributed by atoms with van der Waals surface area (Å²) in [4.78, 5) is 17.7. The van der Waals surface area contributed by atoms with Crippen LogP contribution in [0.2, 0.25) is 5.02 Å². The van der Waals surface area contributed by atoms with Gasteiger partial charge in [-0.05, 0) is 81.6 Å². The van der Waals surface area contributed by atoms with Crippen molar-refractivity contribution >= 4 is 23.3 Å². The Bertz CT molecular complexity index is 1180. The van der Waals surface area contributed by atoms with Crippen LogP contribution in [0.25, 0.3) is 0 Å². The fourth-order valence-electron chi connectivity index (χ4n) is 6.32. The minimum absolute atomic E-state index is 0.0373. The molecule has 214 valence electrons. The zero-order valence-electron chi connectivity index (χ0n) is 22.9. The van der Waals surface area contributed by atoms with Crippen LogP contribution >= 0.6 is 11.6 Å². The molecule has 0 bridgehead atoms. The van der Waals surface area contributed by atoms with Crippen LogP contribution in [-0.2, 0) is 11.6 Å². The third-order valence-corrected chi connectivity index (χ3v) is 8.76. The number of amides is 2. The van der Waals surface area contributed by atoms with Crippen molar-refractivity contribution in [2.45, 2.75) is 69.1 Å². The molecule has 1 heterocycles. The van der Waals surface area contributed by atoms with Gasteiger partial charge in [-0.1, -0.05) is 31.0 Å². The number of fused-ring (bicyclic) bond motifs is 1. The molecule has 4 rings (SSSR count). The van der Waals surface area contributed by atoms with E-state index in [0.29, 0.717) is 18.0 Å². The molecule has 10 heteroatoms. The molecule has 1 N–H and O–H groups in total. The van der Waals surface area contributed by atoms with Gasteiger partial charge in [0.2, 0.25) is 0 Å². The van der Waals surface area contributed by atoms with Gasteiger partial charge in [0, 0.05) is 29.7 Å². The van der Waals surface area contributed by atoms with E-state index in [9.17, 15) is 18.0 Å². The second-order valence-electron chi connectivity index (χ2n) is 10.6. The molecule has 0 unspecified atom stereocenters. The third-order valence-electron chi connectivity index (χ3n) is 8.44. The molecule has 1 aliphatic carbocycles. The molecule has 1 aliphatic heterocycles. The number of hydrogen-bond donors (Lipinski definition) is 1. The number of alkyl halides is 3. The minimum Gasteiger partial charge on any atom is -0.493 e. The summed E-state index contributed by atoms with van der Waals surface area (Å²) < 4.78 is 51.2. The molecule has 2 aromatic rings. The van der Waals surface area contributed by atoms with E-state index in [1.165, 1.54) is 17.7 Å². The first-order valence-electron chi connectivity index (χ1n) is 13.4.